The van der Waals surface area contributed by atoms with E-state index in [-0.39, 0.29) is 17.5 Å². The second kappa shape index (κ2) is 8.58. The van der Waals surface area contributed by atoms with Crippen molar-refractivity contribution in [3.05, 3.63) is 47.9 Å². The van der Waals surface area contributed by atoms with Crippen molar-refractivity contribution in [1.82, 2.24) is 24.4 Å². The van der Waals surface area contributed by atoms with Crippen LogP contribution in [0.15, 0.2) is 30.6 Å². The predicted molar refractivity (Wildman–Crippen MR) is 121 cm³/mol. The minimum Gasteiger partial charge on any atom is -0.341 e. The van der Waals surface area contributed by atoms with Gasteiger partial charge < -0.3 is 9.47 Å². The maximum absolute atomic E-state index is 13.6. The Morgan fingerprint density at radius 2 is 1.94 bits per heavy atom. The van der Waals surface area contributed by atoms with Gasteiger partial charge in [0.2, 0.25) is 11.7 Å². The number of benzene rings is 1. The molecule has 0 saturated carbocycles. The minimum absolute atomic E-state index is 0.0229. The van der Waals surface area contributed by atoms with Gasteiger partial charge in [-0.2, -0.15) is 0 Å². The van der Waals surface area contributed by atoms with Crippen molar-refractivity contribution in [2.24, 2.45) is 13.0 Å². The van der Waals surface area contributed by atoms with Gasteiger partial charge >= 0.3 is 0 Å². The van der Waals surface area contributed by atoms with Crippen LogP contribution in [-0.4, -0.2) is 62.4 Å². The van der Waals surface area contributed by atoms with Gasteiger partial charge in [-0.05, 0) is 57.4 Å². The van der Waals surface area contributed by atoms with Gasteiger partial charge in [0.15, 0.2) is 5.82 Å². The van der Waals surface area contributed by atoms with Crippen LogP contribution in [0, 0.1) is 18.7 Å². The Kier molecular flexibility index (Phi) is 5.63. The van der Waals surface area contributed by atoms with E-state index in [1.54, 1.807) is 12.3 Å². The van der Waals surface area contributed by atoms with E-state index in [9.17, 15) is 9.18 Å². The topological polar surface area (TPSA) is 67.2 Å². The summed E-state index contributed by atoms with van der Waals surface area (Å²) in [6, 6.07) is 5.14. The van der Waals surface area contributed by atoms with Crippen molar-refractivity contribution in [3.8, 4) is 0 Å². The fourth-order valence-corrected chi connectivity index (χ4v) is 5.15. The van der Waals surface area contributed by atoms with Crippen molar-refractivity contribution in [2.45, 2.75) is 38.6 Å². The molecular formula is C24H29FN6O. The number of imidazole rings is 1. The molecule has 2 fully saturated rings. The number of carbonyl (C=O) groups is 1. The number of fused-ring (bicyclic) bond motifs is 1. The molecule has 0 N–H and O–H groups in total. The van der Waals surface area contributed by atoms with Crippen molar-refractivity contribution in [2.75, 3.05) is 31.1 Å². The number of ketones is 1. The van der Waals surface area contributed by atoms with Gasteiger partial charge in [0.1, 0.15) is 5.82 Å². The van der Waals surface area contributed by atoms with Crippen molar-refractivity contribution < 1.29 is 9.18 Å². The number of piperidine rings is 2. The first-order valence-corrected chi connectivity index (χ1v) is 11.4. The molecule has 1 aromatic carbocycles. The second-order valence-electron chi connectivity index (χ2n) is 9.05. The molecule has 168 valence electrons. The molecule has 0 spiro atoms. The molecular weight excluding hydrogens is 407 g/mol. The van der Waals surface area contributed by atoms with E-state index in [0.29, 0.717) is 11.9 Å². The van der Waals surface area contributed by atoms with Gasteiger partial charge in [-0.25, -0.2) is 19.3 Å². The van der Waals surface area contributed by atoms with Crippen molar-refractivity contribution >= 4 is 22.6 Å². The van der Waals surface area contributed by atoms with Crippen LogP contribution >= 0.6 is 0 Å². The highest BCUT2D eigenvalue weighted by Crippen LogP contribution is 2.28. The van der Waals surface area contributed by atoms with Crippen molar-refractivity contribution in [1.29, 1.82) is 0 Å². The zero-order valence-electron chi connectivity index (χ0n) is 18.7. The molecule has 4 heterocycles. The molecule has 32 heavy (non-hydrogen) atoms. The van der Waals surface area contributed by atoms with Gasteiger partial charge in [-0.3, -0.25) is 9.69 Å². The smallest absolute Gasteiger partial charge is 0.226 e. The van der Waals surface area contributed by atoms with E-state index in [1.165, 1.54) is 12.1 Å². The number of likely N-dealkylation sites (tertiary alicyclic amines) is 1. The summed E-state index contributed by atoms with van der Waals surface area (Å²) in [5.74, 6) is 1.21. The first-order chi connectivity index (χ1) is 15.5. The van der Waals surface area contributed by atoms with Crippen LogP contribution in [0.4, 0.5) is 10.3 Å². The fourth-order valence-electron chi connectivity index (χ4n) is 5.15. The molecule has 0 aliphatic carbocycles. The standard InChI is InChI=1S/C24H29FN6O/c1-16-20-14-18(25)5-6-21(20)28-24(27-16)30-11-7-19(8-12-30)31-10-3-4-17(15-31)22(32)23-26-9-13-29(23)2/h5-6,9,13-14,17,19H,3-4,7-8,10-12,15H2,1-2H3/t17-/m1/s1. The molecule has 1 atom stereocenters. The van der Waals surface area contributed by atoms with Crippen LogP contribution in [0.25, 0.3) is 10.9 Å². The summed E-state index contributed by atoms with van der Waals surface area (Å²) in [7, 11) is 1.88. The Balaban J connectivity index is 1.24. The van der Waals surface area contributed by atoms with Crippen LogP contribution in [-0.2, 0) is 7.05 Å². The molecule has 2 aromatic heterocycles. The molecule has 0 radical (unpaired) electrons. The van der Waals surface area contributed by atoms with Crippen molar-refractivity contribution in [3.63, 3.8) is 0 Å². The molecule has 8 heteroatoms. The second-order valence-corrected chi connectivity index (χ2v) is 9.05. The number of hydrogen-bond donors (Lipinski definition) is 0. The van der Waals surface area contributed by atoms with E-state index < -0.39 is 0 Å². The molecule has 2 saturated heterocycles. The van der Waals surface area contributed by atoms with Crippen LogP contribution in [0.2, 0.25) is 0 Å². The quantitative estimate of drug-likeness (QED) is 0.584. The zero-order valence-corrected chi connectivity index (χ0v) is 18.7. The lowest BCUT2D eigenvalue weighted by molar-refractivity contribution is 0.0707. The molecule has 2 aliphatic rings. The molecule has 7 nitrogen and oxygen atoms in total. The number of hydrogen-bond acceptors (Lipinski definition) is 6. The monoisotopic (exact) mass is 436 g/mol. The average molecular weight is 437 g/mol. The van der Waals surface area contributed by atoms with E-state index in [0.717, 1.165) is 74.4 Å². The summed E-state index contributed by atoms with van der Waals surface area (Å²) < 4.78 is 15.4. The average Bonchev–Trinajstić information content (AvgIpc) is 3.25. The van der Waals surface area contributed by atoms with Gasteiger partial charge in [-0.15, -0.1) is 0 Å². The summed E-state index contributed by atoms with van der Waals surface area (Å²) in [5, 5.41) is 0.764. The van der Waals surface area contributed by atoms with E-state index in [4.69, 9.17) is 4.98 Å². The Labute approximate surface area is 187 Å². The fraction of sp³-hybridized carbons (Fsp3) is 0.500. The summed E-state index contributed by atoms with van der Waals surface area (Å²) in [6.07, 6.45) is 7.55. The number of nitrogens with zero attached hydrogens (tertiary/aromatic N) is 6. The number of carbonyl (C=O) groups excluding carboxylic acids is 1. The predicted octanol–water partition coefficient (Wildman–Crippen LogP) is 3.37. The molecule has 0 amide bonds. The van der Waals surface area contributed by atoms with Crippen LogP contribution < -0.4 is 4.90 Å². The minimum atomic E-state index is -0.265. The maximum atomic E-state index is 13.6. The SMILES string of the molecule is Cc1nc(N2CCC(N3CCC[C@@H](C(=O)c4nccn4C)C3)CC2)nc2ccc(F)cc12. The lowest BCUT2D eigenvalue weighted by Gasteiger charge is -2.42. The van der Waals surface area contributed by atoms with Gasteiger partial charge in [-0.1, -0.05) is 0 Å². The first-order valence-electron chi connectivity index (χ1n) is 11.4. The third-order valence-electron chi connectivity index (χ3n) is 6.97. The van der Waals surface area contributed by atoms with Crippen LogP contribution in [0.1, 0.15) is 42.0 Å². The number of aryl methyl sites for hydroxylation is 2. The third kappa shape index (κ3) is 3.99. The Hall–Kier alpha value is -2.87. The summed E-state index contributed by atoms with van der Waals surface area (Å²) in [5.41, 5.74) is 1.58. The Bertz CT molecular complexity index is 1140. The van der Waals surface area contributed by atoms with Gasteiger partial charge in [0, 0.05) is 56.4 Å². The molecule has 0 unspecified atom stereocenters. The van der Waals surface area contributed by atoms with Crippen LogP contribution in [0.5, 0.6) is 0 Å². The first kappa shape index (κ1) is 21.0. The Morgan fingerprint density at radius 3 is 2.69 bits per heavy atom. The summed E-state index contributed by atoms with van der Waals surface area (Å²) in [6.45, 7) is 5.53. The van der Waals surface area contributed by atoms with Crippen LogP contribution in [0.3, 0.4) is 0 Å². The van der Waals surface area contributed by atoms with Gasteiger partial charge in [0.05, 0.1) is 11.2 Å². The molecule has 3 aromatic rings. The van der Waals surface area contributed by atoms with E-state index >= 15 is 0 Å². The van der Waals surface area contributed by atoms with E-state index in [1.807, 2.05) is 24.7 Å². The maximum Gasteiger partial charge on any atom is 0.226 e. The lowest BCUT2D eigenvalue weighted by Crippen LogP contribution is -2.50. The number of aromatic nitrogens is 4. The van der Waals surface area contributed by atoms with Gasteiger partial charge in [0.25, 0.3) is 0 Å². The third-order valence-corrected chi connectivity index (χ3v) is 6.97. The lowest BCUT2D eigenvalue weighted by atomic mass is 9.90. The highest BCUT2D eigenvalue weighted by Gasteiger charge is 2.33. The van der Waals surface area contributed by atoms with E-state index in [2.05, 4.69) is 19.8 Å². The number of Topliss-reactive ketones (excluding diaryl/α,β-unsaturated/α-hetero) is 1. The number of halogens is 1. The number of rotatable bonds is 4. The highest BCUT2D eigenvalue weighted by molar-refractivity contribution is 5.95. The zero-order chi connectivity index (χ0) is 22.2. The largest absolute Gasteiger partial charge is 0.341 e. The summed E-state index contributed by atoms with van der Waals surface area (Å²) in [4.78, 5) is 31.3. The number of anilines is 1. The molecule has 0 bridgehead atoms. The Morgan fingerprint density at radius 1 is 1.12 bits per heavy atom. The molecule has 5 rings (SSSR count). The molecule has 2 aliphatic heterocycles. The highest BCUT2D eigenvalue weighted by atomic mass is 19.1. The normalized spacial score (nSPS) is 20.7. The summed E-state index contributed by atoms with van der Waals surface area (Å²) >= 11 is 0.